The molecule has 0 unspecified atom stereocenters. The van der Waals surface area contributed by atoms with Gasteiger partial charge in [-0.2, -0.15) is 14.8 Å². The van der Waals surface area contributed by atoms with Crippen LogP contribution in [0.4, 0.5) is 5.69 Å². The number of rotatable bonds is 7. The van der Waals surface area contributed by atoms with Crippen molar-refractivity contribution in [3.63, 3.8) is 0 Å². The Bertz CT molecular complexity index is 674. The SMILES string of the molecule is COCCN(CCC#N)S(=O)(=O)c1ccc(C#N)cc1N. The molecule has 0 aliphatic rings. The fourth-order valence-electron chi connectivity index (χ4n) is 1.71. The van der Waals surface area contributed by atoms with E-state index in [1.807, 2.05) is 12.1 Å². The molecule has 21 heavy (non-hydrogen) atoms. The van der Waals surface area contributed by atoms with Crippen molar-refractivity contribution in [3.8, 4) is 12.1 Å². The van der Waals surface area contributed by atoms with Gasteiger partial charge in [0.05, 0.1) is 30.0 Å². The van der Waals surface area contributed by atoms with Crippen LogP contribution in [0.15, 0.2) is 23.1 Å². The number of nitrogens with two attached hydrogens (primary N) is 1. The number of nitrogen functional groups attached to an aromatic ring is 1. The molecular formula is C13H16N4O3S. The summed E-state index contributed by atoms with van der Waals surface area (Å²) in [5.74, 6) is 0. The largest absolute Gasteiger partial charge is 0.398 e. The molecule has 0 atom stereocenters. The zero-order valence-corrected chi connectivity index (χ0v) is 12.4. The van der Waals surface area contributed by atoms with Crippen LogP contribution < -0.4 is 5.73 Å². The average molecular weight is 308 g/mol. The summed E-state index contributed by atoms with van der Waals surface area (Å²) in [6, 6.07) is 7.81. The fraction of sp³-hybridized carbons (Fsp3) is 0.385. The van der Waals surface area contributed by atoms with Crippen LogP contribution in [-0.4, -0.2) is 39.5 Å². The average Bonchev–Trinajstić information content (AvgIpc) is 2.46. The quantitative estimate of drug-likeness (QED) is 0.740. The van der Waals surface area contributed by atoms with Gasteiger partial charge in [0.1, 0.15) is 4.90 Å². The molecule has 0 saturated heterocycles. The fourth-order valence-corrected chi connectivity index (χ4v) is 3.23. The number of sulfonamides is 1. The molecule has 0 fully saturated rings. The second-order valence-corrected chi connectivity index (χ2v) is 6.08. The van der Waals surface area contributed by atoms with E-state index in [4.69, 9.17) is 21.0 Å². The molecule has 0 bridgehead atoms. The van der Waals surface area contributed by atoms with Crippen LogP contribution in [0.1, 0.15) is 12.0 Å². The van der Waals surface area contributed by atoms with E-state index in [0.717, 1.165) is 4.31 Å². The molecule has 0 aliphatic heterocycles. The first-order chi connectivity index (χ1) is 9.97. The minimum atomic E-state index is -3.83. The molecule has 8 heteroatoms. The van der Waals surface area contributed by atoms with Crippen LogP contribution in [-0.2, 0) is 14.8 Å². The minimum Gasteiger partial charge on any atom is -0.398 e. The highest BCUT2D eigenvalue weighted by atomic mass is 32.2. The lowest BCUT2D eigenvalue weighted by molar-refractivity contribution is 0.179. The summed E-state index contributed by atoms with van der Waals surface area (Å²) < 4.78 is 31.2. The monoisotopic (exact) mass is 308 g/mol. The maximum Gasteiger partial charge on any atom is 0.245 e. The van der Waals surface area contributed by atoms with Crippen molar-refractivity contribution in [3.05, 3.63) is 23.8 Å². The van der Waals surface area contributed by atoms with E-state index >= 15 is 0 Å². The molecular weight excluding hydrogens is 292 g/mol. The maximum absolute atomic E-state index is 12.6. The first kappa shape index (κ1) is 16.9. The lowest BCUT2D eigenvalue weighted by atomic mass is 10.2. The Balaban J connectivity index is 3.16. The third-order valence-electron chi connectivity index (χ3n) is 2.77. The molecule has 112 valence electrons. The normalized spacial score (nSPS) is 11.0. The van der Waals surface area contributed by atoms with Crippen LogP contribution in [0.25, 0.3) is 0 Å². The summed E-state index contributed by atoms with van der Waals surface area (Å²) in [7, 11) is -2.37. The number of anilines is 1. The third kappa shape index (κ3) is 4.17. The van der Waals surface area contributed by atoms with Gasteiger partial charge in [0.2, 0.25) is 10.0 Å². The summed E-state index contributed by atoms with van der Waals surface area (Å²) in [6.45, 7) is 0.391. The molecule has 0 spiro atoms. The first-order valence-electron chi connectivity index (χ1n) is 6.13. The molecule has 2 N–H and O–H groups in total. The molecule has 0 radical (unpaired) electrons. The molecule has 1 rings (SSSR count). The molecule has 0 aliphatic carbocycles. The second kappa shape index (κ2) is 7.60. The molecule has 1 aromatic carbocycles. The predicted molar refractivity (Wildman–Crippen MR) is 76.4 cm³/mol. The van der Waals surface area contributed by atoms with Crippen LogP contribution >= 0.6 is 0 Å². The van der Waals surface area contributed by atoms with Gasteiger partial charge in [0.15, 0.2) is 0 Å². The van der Waals surface area contributed by atoms with Gasteiger partial charge in [0.25, 0.3) is 0 Å². The van der Waals surface area contributed by atoms with E-state index in [0.29, 0.717) is 0 Å². The Morgan fingerprint density at radius 2 is 2.05 bits per heavy atom. The number of hydrogen-bond donors (Lipinski definition) is 1. The number of hydrogen-bond acceptors (Lipinski definition) is 6. The first-order valence-corrected chi connectivity index (χ1v) is 7.57. The number of ether oxygens (including phenoxy) is 1. The van der Waals surface area contributed by atoms with Gasteiger partial charge in [-0.3, -0.25) is 0 Å². The summed E-state index contributed by atoms with van der Waals surface area (Å²) in [6.07, 6.45) is 0.0686. The third-order valence-corrected chi connectivity index (χ3v) is 4.75. The van der Waals surface area contributed by atoms with Gasteiger partial charge in [-0.25, -0.2) is 8.42 Å². The van der Waals surface area contributed by atoms with Crippen molar-refractivity contribution in [1.29, 1.82) is 10.5 Å². The zero-order chi connectivity index (χ0) is 15.9. The highest BCUT2D eigenvalue weighted by Gasteiger charge is 2.26. The summed E-state index contributed by atoms with van der Waals surface area (Å²) in [5, 5.41) is 17.4. The van der Waals surface area contributed by atoms with E-state index in [2.05, 4.69) is 0 Å². The topological polar surface area (TPSA) is 120 Å². The highest BCUT2D eigenvalue weighted by Crippen LogP contribution is 2.23. The van der Waals surface area contributed by atoms with Crippen LogP contribution in [0, 0.1) is 22.7 Å². The zero-order valence-electron chi connectivity index (χ0n) is 11.6. The highest BCUT2D eigenvalue weighted by molar-refractivity contribution is 7.89. The summed E-state index contributed by atoms with van der Waals surface area (Å²) in [5.41, 5.74) is 6.02. The Morgan fingerprint density at radius 3 is 2.57 bits per heavy atom. The van der Waals surface area contributed by atoms with Crippen LogP contribution in [0.3, 0.4) is 0 Å². The number of nitrogens with zero attached hydrogens (tertiary/aromatic N) is 3. The molecule has 0 amide bonds. The van der Waals surface area contributed by atoms with Gasteiger partial charge in [-0.1, -0.05) is 0 Å². The molecule has 7 nitrogen and oxygen atoms in total. The van der Waals surface area contributed by atoms with Gasteiger partial charge >= 0.3 is 0 Å². The molecule has 0 aromatic heterocycles. The maximum atomic E-state index is 12.6. The Hall–Kier alpha value is -2.13. The van der Waals surface area contributed by atoms with Crippen LogP contribution in [0.2, 0.25) is 0 Å². The van der Waals surface area contributed by atoms with E-state index in [9.17, 15) is 8.42 Å². The summed E-state index contributed by atoms with van der Waals surface area (Å²) >= 11 is 0. The summed E-state index contributed by atoms with van der Waals surface area (Å²) in [4.78, 5) is -0.0736. The van der Waals surface area contributed by atoms with E-state index in [-0.39, 0.29) is 42.3 Å². The smallest absolute Gasteiger partial charge is 0.245 e. The van der Waals surface area contributed by atoms with Gasteiger partial charge in [-0.05, 0) is 18.2 Å². The molecule has 0 heterocycles. The van der Waals surface area contributed by atoms with Crippen molar-refractivity contribution in [2.75, 3.05) is 32.5 Å². The van der Waals surface area contributed by atoms with E-state index < -0.39 is 10.0 Å². The van der Waals surface area contributed by atoms with E-state index in [1.54, 1.807) is 0 Å². The standard InChI is InChI=1S/C13H16N4O3S/c1-20-8-7-17(6-2-5-14)21(18,19)13-4-3-11(10-15)9-12(13)16/h3-4,9H,2,6-8,16H2,1H3. The minimum absolute atomic E-state index is 0.00780. The molecule has 0 saturated carbocycles. The second-order valence-electron chi connectivity index (χ2n) is 4.17. The van der Waals surface area contributed by atoms with Crippen molar-refractivity contribution < 1.29 is 13.2 Å². The van der Waals surface area contributed by atoms with Gasteiger partial charge in [-0.15, -0.1) is 0 Å². The Labute approximate surface area is 124 Å². The van der Waals surface area contributed by atoms with Crippen molar-refractivity contribution >= 4 is 15.7 Å². The van der Waals surface area contributed by atoms with Crippen molar-refractivity contribution in [2.24, 2.45) is 0 Å². The van der Waals surface area contributed by atoms with E-state index in [1.165, 1.54) is 25.3 Å². The lowest BCUT2D eigenvalue weighted by Gasteiger charge is -2.21. The van der Waals surface area contributed by atoms with Crippen LogP contribution in [0.5, 0.6) is 0 Å². The number of methoxy groups -OCH3 is 1. The van der Waals surface area contributed by atoms with Crippen molar-refractivity contribution in [1.82, 2.24) is 4.31 Å². The van der Waals surface area contributed by atoms with Crippen molar-refractivity contribution in [2.45, 2.75) is 11.3 Å². The predicted octanol–water partition coefficient (Wildman–Crippen LogP) is 0.691. The van der Waals surface area contributed by atoms with Gasteiger partial charge in [0, 0.05) is 26.6 Å². The van der Waals surface area contributed by atoms with Gasteiger partial charge < -0.3 is 10.5 Å². The number of benzene rings is 1. The number of nitriles is 2. The molecule has 1 aromatic rings. The Morgan fingerprint density at radius 1 is 1.33 bits per heavy atom. The Kier molecular flexibility index (Phi) is 6.12. The lowest BCUT2D eigenvalue weighted by Crippen LogP contribution is -2.35.